The first-order chi connectivity index (χ1) is 17.9. The lowest BCUT2D eigenvalue weighted by Crippen LogP contribution is -2.72. The summed E-state index contributed by atoms with van der Waals surface area (Å²) in [4.78, 5) is 0. The second-order valence-electron chi connectivity index (χ2n) is 9.70. The van der Waals surface area contributed by atoms with Crippen LogP contribution in [0, 0.1) is 13.8 Å². The highest BCUT2D eigenvalue weighted by molar-refractivity contribution is 7.86. The quantitative estimate of drug-likeness (QED) is 0.161. The number of piperazine rings is 3. The lowest BCUT2D eigenvalue weighted by Gasteiger charge is -2.57. The molecule has 3 aliphatic rings. The molecule has 3 aliphatic heterocycles. The third-order valence-corrected chi connectivity index (χ3v) is 8.15. The average Bonchev–Trinajstić information content (AvgIpc) is 2.79. The van der Waals surface area contributed by atoms with Gasteiger partial charge in [0.25, 0.3) is 0 Å². The molecule has 0 aromatic heterocycles. The van der Waals surface area contributed by atoms with Crippen LogP contribution in [0.3, 0.4) is 0 Å². The van der Waals surface area contributed by atoms with Crippen molar-refractivity contribution < 1.29 is 66.0 Å². The molecule has 2 atom stereocenters. The molecule has 226 valence electrons. The van der Waals surface area contributed by atoms with Gasteiger partial charge in [-0.2, -0.15) is 26.3 Å². The molecular formula is C23H27F7N2O6S2. The number of hydrogen-bond acceptors (Lipinski definition) is 6. The number of hydrogen-bond donors (Lipinski definition) is 0. The molecule has 3 heterocycles. The van der Waals surface area contributed by atoms with Crippen LogP contribution in [-0.4, -0.2) is 79.4 Å². The number of nitrogens with zero attached hydrogens (tertiary/aromatic N) is 2. The van der Waals surface area contributed by atoms with Crippen molar-refractivity contribution in [3.8, 4) is 0 Å². The summed E-state index contributed by atoms with van der Waals surface area (Å²) in [6, 6.07) is 17.0. The fourth-order valence-electron chi connectivity index (χ4n) is 4.93. The Balaban J connectivity index is 0.000000290. The molecule has 0 spiro atoms. The lowest BCUT2D eigenvalue weighted by molar-refractivity contribution is -1.18. The Kier molecular flexibility index (Phi) is 9.76. The minimum Gasteiger partial charge on any atom is -0.741 e. The smallest absolute Gasteiger partial charge is 0.485 e. The zero-order chi connectivity index (χ0) is 30.9. The summed E-state index contributed by atoms with van der Waals surface area (Å²) in [5.41, 5.74) is -6.32. The van der Waals surface area contributed by atoms with E-state index in [4.69, 9.17) is 25.9 Å². The Labute approximate surface area is 227 Å². The van der Waals surface area contributed by atoms with Crippen LogP contribution in [-0.2, 0) is 20.2 Å². The van der Waals surface area contributed by atoms with Gasteiger partial charge in [-0.1, -0.05) is 48.5 Å². The molecule has 2 bridgehead atoms. The first-order valence-electron chi connectivity index (χ1n) is 11.5. The van der Waals surface area contributed by atoms with Crippen LogP contribution in [0.25, 0.3) is 0 Å². The van der Waals surface area contributed by atoms with Crippen molar-refractivity contribution in [2.45, 2.75) is 36.9 Å². The minimum absolute atomic E-state index is 0.111. The molecule has 2 aromatic rings. The molecule has 0 N–H and O–H groups in total. The molecule has 0 saturated carbocycles. The van der Waals surface area contributed by atoms with Crippen molar-refractivity contribution >= 4 is 20.2 Å². The van der Waals surface area contributed by atoms with E-state index in [1.54, 1.807) is 0 Å². The number of benzene rings is 2. The number of alkyl halides is 6. The van der Waals surface area contributed by atoms with E-state index in [2.05, 4.69) is 69.4 Å². The van der Waals surface area contributed by atoms with E-state index in [0.29, 0.717) is 13.1 Å². The topological polar surface area (TPSA) is 114 Å². The van der Waals surface area contributed by atoms with Crippen molar-refractivity contribution in [3.05, 3.63) is 70.8 Å². The van der Waals surface area contributed by atoms with Gasteiger partial charge in [-0.15, -0.1) is 4.71 Å². The molecule has 40 heavy (non-hydrogen) atoms. The van der Waals surface area contributed by atoms with Gasteiger partial charge in [-0.05, 0) is 29.5 Å². The fraction of sp³-hybridized carbons (Fsp3) is 0.478. The van der Waals surface area contributed by atoms with Crippen LogP contribution in [0.15, 0.2) is 48.5 Å². The van der Waals surface area contributed by atoms with E-state index in [9.17, 15) is 26.3 Å². The molecule has 0 unspecified atom stereocenters. The first-order valence-corrected chi connectivity index (χ1v) is 14.3. The van der Waals surface area contributed by atoms with Crippen LogP contribution in [0.1, 0.15) is 34.3 Å². The van der Waals surface area contributed by atoms with Crippen LogP contribution in [0.5, 0.6) is 0 Å². The largest absolute Gasteiger partial charge is 0.741 e. The van der Waals surface area contributed by atoms with Crippen molar-refractivity contribution in [2.24, 2.45) is 0 Å². The van der Waals surface area contributed by atoms with Gasteiger partial charge >= 0.3 is 11.0 Å². The Hall–Kier alpha value is -2.31. The highest BCUT2D eigenvalue weighted by Gasteiger charge is 2.63. The number of rotatable bonds is 2. The second-order valence-corrected chi connectivity index (χ2v) is 12.4. The third-order valence-electron chi connectivity index (χ3n) is 7.02. The summed E-state index contributed by atoms with van der Waals surface area (Å²) < 4.78 is 134. The zero-order valence-electron chi connectivity index (χ0n) is 21.4. The van der Waals surface area contributed by atoms with Crippen molar-refractivity contribution in [1.29, 1.82) is 0 Å². The van der Waals surface area contributed by atoms with Gasteiger partial charge in [0.1, 0.15) is 13.1 Å². The van der Waals surface area contributed by atoms with Gasteiger partial charge < -0.3 is 13.6 Å². The second kappa shape index (κ2) is 11.5. The van der Waals surface area contributed by atoms with E-state index >= 15 is 4.48 Å². The van der Waals surface area contributed by atoms with Gasteiger partial charge in [0.2, 0.25) is 6.04 Å². The van der Waals surface area contributed by atoms with E-state index in [-0.39, 0.29) is 16.8 Å². The summed E-state index contributed by atoms with van der Waals surface area (Å²) in [6.45, 7) is 7.36. The van der Waals surface area contributed by atoms with Crippen LogP contribution in [0.4, 0.5) is 30.8 Å². The average molecular weight is 625 g/mol. The lowest BCUT2D eigenvalue weighted by atomic mass is 9.81. The van der Waals surface area contributed by atoms with Gasteiger partial charge in [0.15, 0.2) is 39.4 Å². The third kappa shape index (κ3) is 7.50. The SMILES string of the molecule is Cc1ccccc1[C@H]1[C@H](c2ccccc2C)[N+]2(F)CC[N+]1(C)CC2.O=S(=O)([O-])C(F)(F)F.O=S(=O)([O-])C(F)(F)F. The number of likely N-dealkylation sites (N-methyl/N-ethyl adjacent to an activating group) is 1. The van der Waals surface area contributed by atoms with Crippen molar-refractivity contribution in [3.63, 3.8) is 0 Å². The molecule has 0 radical (unpaired) electrons. The number of quaternary nitrogens is 2. The summed E-state index contributed by atoms with van der Waals surface area (Å²) in [6.07, 6.45) is 0. The minimum atomic E-state index is -6.09. The van der Waals surface area contributed by atoms with Crippen LogP contribution >= 0.6 is 0 Å². The maximum Gasteiger partial charge on any atom is 0.485 e. The highest BCUT2D eigenvalue weighted by atomic mass is 32.2. The Morgan fingerprint density at radius 1 is 0.675 bits per heavy atom. The predicted octanol–water partition coefficient (Wildman–Crippen LogP) is 4.36. The fourth-order valence-corrected chi connectivity index (χ4v) is 4.93. The molecule has 5 rings (SSSR count). The van der Waals surface area contributed by atoms with E-state index in [1.165, 1.54) is 22.3 Å². The molecular weight excluding hydrogens is 597 g/mol. The molecule has 3 saturated heterocycles. The molecule has 17 heteroatoms. The summed E-state index contributed by atoms with van der Waals surface area (Å²) in [5, 5.41) is 0. The van der Waals surface area contributed by atoms with Crippen molar-refractivity contribution in [2.75, 3.05) is 33.2 Å². The monoisotopic (exact) mass is 624 g/mol. The molecule has 3 fully saturated rings. The summed E-state index contributed by atoms with van der Waals surface area (Å²) >= 11 is 0. The summed E-state index contributed by atoms with van der Waals surface area (Å²) in [5.74, 6) is 0. The van der Waals surface area contributed by atoms with Gasteiger partial charge in [-0.3, -0.25) is 0 Å². The van der Waals surface area contributed by atoms with Gasteiger partial charge in [0, 0.05) is 11.1 Å². The Morgan fingerprint density at radius 3 is 1.27 bits per heavy atom. The number of halogens is 7. The molecule has 8 nitrogen and oxygen atoms in total. The van der Waals surface area contributed by atoms with Gasteiger partial charge in [-0.25, -0.2) is 16.8 Å². The predicted molar refractivity (Wildman–Crippen MR) is 126 cm³/mol. The highest BCUT2D eigenvalue weighted by Crippen LogP contribution is 2.53. The maximum absolute atomic E-state index is 16.0. The van der Waals surface area contributed by atoms with E-state index in [0.717, 1.165) is 17.6 Å². The first kappa shape index (κ1) is 33.9. The van der Waals surface area contributed by atoms with Crippen molar-refractivity contribution in [1.82, 2.24) is 0 Å². The maximum atomic E-state index is 16.0. The number of aryl methyl sites for hydroxylation is 2. The molecule has 2 aromatic carbocycles. The van der Waals surface area contributed by atoms with Crippen LogP contribution in [0.2, 0.25) is 0 Å². The van der Waals surface area contributed by atoms with E-state index < -0.39 is 31.3 Å². The summed E-state index contributed by atoms with van der Waals surface area (Å²) in [7, 11) is -9.86. The number of fused-ring (bicyclic) bond motifs is 3. The Morgan fingerprint density at radius 2 is 0.975 bits per heavy atom. The Bertz CT molecular complexity index is 1300. The van der Waals surface area contributed by atoms with Crippen LogP contribution < -0.4 is 0 Å². The van der Waals surface area contributed by atoms with Gasteiger partial charge in [0.05, 0.1) is 7.05 Å². The standard InChI is InChI=1S/C21H27FN2.2CHF3O3S/c1-16-8-4-6-10-18(16)20-21(19-11-7-5-9-17(19)2)24(22)14-12-23(20,3)13-15-24;2*2-1(3,4)8(5,6)7/h4-11,20-21H,12-15H2,1-3H3;2*(H,5,6,7)/q+2;;/p-2/t20-,21-,23?,24?;;/m0../s1. The zero-order valence-corrected chi connectivity index (χ0v) is 23.0. The van der Waals surface area contributed by atoms with E-state index in [1.807, 2.05) is 0 Å². The molecule has 0 aliphatic carbocycles. The molecule has 0 amide bonds. The normalized spacial score (nSPS) is 26.7.